The van der Waals surface area contributed by atoms with E-state index in [4.69, 9.17) is 19.4 Å². The quantitative estimate of drug-likeness (QED) is 0.0455. The van der Waals surface area contributed by atoms with E-state index in [0.29, 0.717) is 12.1 Å². The first kappa shape index (κ1) is 47.1. The van der Waals surface area contributed by atoms with Crippen LogP contribution in [-0.2, 0) is 24.7 Å². The fraction of sp³-hybridized carbons (Fsp3) is 0.702. The van der Waals surface area contributed by atoms with E-state index in [9.17, 15) is 13.2 Å². The second kappa shape index (κ2) is 24.5. The SMILES string of the molecule is CCCCCCCCCCSC(CCCCCCCCC)OC(C(=O)OC1CC2CCC(C1)[N+]21CCCC1)(c1ccccc1)c1ccccc1.O=C([O-])C(F)(F)F. The molecule has 5 rings (SSSR count). The Balaban J connectivity index is 0.000000940. The number of hydrogen-bond donors (Lipinski definition) is 0. The average molecular weight is 818 g/mol. The number of carboxylic acid groups (broad SMARTS) is 1. The van der Waals surface area contributed by atoms with Crippen LogP contribution < -0.4 is 5.11 Å². The van der Waals surface area contributed by atoms with E-state index >= 15 is 4.79 Å². The second-order valence-corrected chi connectivity index (χ2v) is 17.9. The molecule has 3 unspecified atom stereocenters. The van der Waals surface area contributed by atoms with Gasteiger partial charge in [0.15, 0.2) is 0 Å². The summed E-state index contributed by atoms with van der Waals surface area (Å²) >= 11 is 1.94. The van der Waals surface area contributed by atoms with Crippen LogP contribution in [0.3, 0.4) is 0 Å². The van der Waals surface area contributed by atoms with Crippen LogP contribution in [-0.4, -0.2) is 65.1 Å². The van der Waals surface area contributed by atoms with Crippen molar-refractivity contribution in [1.29, 1.82) is 0 Å². The van der Waals surface area contributed by atoms with Gasteiger partial charge in [0.2, 0.25) is 5.60 Å². The van der Waals surface area contributed by atoms with Crippen LogP contribution in [0.1, 0.15) is 166 Å². The summed E-state index contributed by atoms with van der Waals surface area (Å²) in [5.41, 5.74) is 0.395. The van der Waals surface area contributed by atoms with E-state index in [-0.39, 0.29) is 17.5 Å². The Morgan fingerprint density at radius 1 is 0.719 bits per heavy atom. The highest BCUT2D eigenvalue weighted by Gasteiger charge is 2.57. The number of unbranched alkanes of at least 4 members (excludes halogenated alkanes) is 13. The lowest BCUT2D eigenvalue weighted by molar-refractivity contribution is -0.956. The van der Waals surface area contributed by atoms with Gasteiger partial charge in [-0.15, -0.1) is 11.8 Å². The fourth-order valence-corrected chi connectivity index (χ4v) is 10.7. The van der Waals surface area contributed by atoms with Gasteiger partial charge in [-0.1, -0.05) is 158 Å². The molecule has 3 fully saturated rings. The highest BCUT2D eigenvalue weighted by molar-refractivity contribution is 7.99. The molecule has 3 aliphatic heterocycles. The number of ether oxygens (including phenoxy) is 2. The van der Waals surface area contributed by atoms with E-state index in [1.807, 2.05) is 48.2 Å². The van der Waals surface area contributed by atoms with Crippen LogP contribution in [0, 0.1) is 0 Å². The minimum absolute atomic E-state index is 0.0358. The summed E-state index contributed by atoms with van der Waals surface area (Å²) in [7, 11) is 0. The summed E-state index contributed by atoms with van der Waals surface area (Å²) in [6.45, 7) is 7.23. The summed E-state index contributed by atoms with van der Waals surface area (Å²) in [5, 5.41) is 8.78. The maximum absolute atomic E-state index is 15.1. The summed E-state index contributed by atoms with van der Waals surface area (Å²) < 4.78 is 47.0. The molecule has 10 heteroatoms. The molecule has 3 aliphatic rings. The maximum atomic E-state index is 15.1. The topological polar surface area (TPSA) is 75.7 Å². The lowest BCUT2D eigenvalue weighted by Gasteiger charge is -2.47. The van der Waals surface area contributed by atoms with Crippen LogP contribution >= 0.6 is 11.8 Å². The van der Waals surface area contributed by atoms with Gasteiger partial charge in [-0.3, -0.25) is 0 Å². The predicted octanol–water partition coefficient (Wildman–Crippen LogP) is 11.4. The molecule has 3 saturated heterocycles. The minimum Gasteiger partial charge on any atom is -0.542 e. The van der Waals surface area contributed by atoms with E-state index in [2.05, 4.69) is 38.1 Å². The molecule has 2 aromatic rings. The number of esters is 1. The predicted molar refractivity (Wildman–Crippen MR) is 222 cm³/mol. The number of carbonyl (C=O) groups is 2. The summed E-state index contributed by atoms with van der Waals surface area (Å²) in [6.07, 6.45) is 22.5. The molecular weight excluding hydrogens is 748 g/mol. The molecule has 0 saturated carbocycles. The smallest absolute Gasteiger partial charge is 0.430 e. The van der Waals surface area contributed by atoms with Crippen LogP contribution in [0.4, 0.5) is 13.2 Å². The fourth-order valence-electron chi connectivity index (χ4n) is 9.57. The zero-order chi connectivity index (χ0) is 41.0. The van der Waals surface area contributed by atoms with Crippen LogP contribution in [0.5, 0.6) is 0 Å². The number of carboxylic acids is 1. The number of thioether (sulfide) groups is 1. The number of rotatable bonds is 24. The summed E-state index contributed by atoms with van der Waals surface area (Å²) in [5.74, 6) is -2.16. The van der Waals surface area contributed by atoms with Gasteiger partial charge in [0.05, 0.1) is 25.2 Å². The van der Waals surface area contributed by atoms with Gasteiger partial charge in [-0.05, 0) is 36.1 Å². The molecule has 57 heavy (non-hydrogen) atoms. The summed E-state index contributed by atoms with van der Waals surface area (Å²) in [4.78, 5) is 23.8. The van der Waals surface area contributed by atoms with Crippen LogP contribution in [0.15, 0.2) is 60.7 Å². The van der Waals surface area contributed by atoms with Crippen molar-refractivity contribution in [2.24, 2.45) is 0 Å². The summed E-state index contributed by atoms with van der Waals surface area (Å²) in [6, 6.07) is 21.9. The molecule has 0 amide bonds. The molecule has 0 aromatic heterocycles. The molecule has 1 spiro atoms. The Morgan fingerprint density at radius 3 is 1.61 bits per heavy atom. The van der Waals surface area contributed by atoms with Gasteiger partial charge in [-0.25, -0.2) is 4.79 Å². The van der Waals surface area contributed by atoms with E-state index in [1.165, 1.54) is 133 Å². The van der Waals surface area contributed by atoms with Crippen molar-refractivity contribution in [2.75, 3.05) is 18.8 Å². The molecule has 3 atom stereocenters. The molecule has 2 bridgehead atoms. The number of hydrogen-bond acceptors (Lipinski definition) is 6. The molecular formula is C47H70F3NO5S. The van der Waals surface area contributed by atoms with Crippen molar-refractivity contribution in [3.8, 4) is 0 Å². The Kier molecular flexibility index (Phi) is 20.3. The Bertz CT molecular complexity index is 1370. The van der Waals surface area contributed by atoms with Gasteiger partial charge in [-0.2, -0.15) is 13.2 Å². The molecule has 0 aliphatic carbocycles. The van der Waals surface area contributed by atoms with Crippen molar-refractivity contribution < 1.29 is 41.8 Å². The highest BCUT2D eigenvalue weighted by Crippen LogP contribution is 2.47. The van der Waals surface area contributed by atoms with Gasteiger partial charge in [0.1, 0.15) is 17.5 Å². The number of quaternary nitrogens is 1. The van der Waals surface area contributed by atoms with Gasteiger partial charge >= 0.3 is 12.1 Å². The first-order chi connectivity index (χ1) is 27.6. The number of nitrogens with zero attached hydrogens (tertiary/aromatic N) is 1. The van der Waals surface area contributed by atoms with Crippen molar-refractivity contribution in [2.45, 2.75) is 191 Å². The van der Waals surface area contributed by atoms with Crippen molar-refractivity contribution in [3.63, 3.8) is 0 Å². The molecule has 6 nitrogen and oxygen atoms in total. The molecule has 3 heterocycles. The Hall–Kier alpha value is -2.56. The number of benzene rings is 2. The first-order valence-electron chi connectivity index (χ1n) is 22.3. The molecule has 2 aromatic carbocycles. The Morgan fingerprint density at radius 2 is 1.16 bits per heavy atom. The third kappa shape index (κ3) is 14.0. The van der Waals surface area contributed by atoms with E-state index in [1.54, 1.807) is 0 Å². The molecule has 0 radical (unpaired) electrons. The number of carbonyl (C=O) groups excluding carboxylic acids is 2. The number of aliphatic carboxylic acids is 1. The minimum atomic E-state index is -5.19. The normalized spacial score (nSPS) is 20.5. The van der Waals surface area contributed by atoms with Crippen molar-refractivity contribution >= 4 is 23.7 Å². The Labute approximate surface area is 345 Å². The highest BCUT2D eigenvalue weighted by atomic mass is 32.2. The maximum Gasteiger partial charge on any atom is 0.430 e. The zero-order valence-corrected chi connectivity index (χ0v) is 35.6. The van der Waals surface area contributed by atoms with Gasteiger partial charge < -0.3 is 23.9 Å². The van der Waals surface area contributed by atoms with E-state index < -0.39 is 17.7 Å². The number of piperidine rings is 1. The van der Waals surface area contributed by atoms with Crippen LogP contribution in [0.2, 0.25) is 0 Å². The van der Waals surface area contributed by atoms with E-state index in [0.717, 1.165) is 42.6 Å². The monoisotopic (exact) mass is 817 g/mol. The molecule has 0 N–H and O–H groups in total. The van der Waals surface area contributed by atoms with Crippen molar-refractivity contribution in [1.82, 2.24) is 0 Å². The standard InChI is InChI=1S/C45H70NO3S.C2HF3O2/c1-3-5-7-9-11-13-15-25-35-50-43(30-22-14-12-10-8-6-4-2)49-45(38-26-18-16-19-27-38,39-28-20-17-21-29-39)44(47)48-42-36-40-31-32-41(37-42)46(40)33-23-24-34-46;3-2(4,5)1(6)7/h16-21,26-29,40-43H,3-15,22-25,30-37H2,1-2H3;(H,6,7)/q+1;/p-1. The largest absolute Gasteiger partial charge is 0.542 e. The third-order valence-corrected chi connectivity index (χ3v) is 13.8. The first-order valence-corrected chi connectivity index (χ1v) is 23.4. The molecule has 320 valence electrons. The number of halogens is 3. The lowest BCUT2D eigenvalue weighted by Crippen LogP contribution is -2.60. The van der Waals surface area contributed by atoms with Gasteiger partial charge in [0, 0.05) is 38.5 Å². The average Bonchev–Trinajstić information content (AvgIpc) is 3.75. The lowest BCUT2D eigenvalue weighted by atomic mass is 9.85. The zero-order valence-electron chi connectivity index (χ0n) is 34.8. The van der Waals surface area contributed by atoms with Gasteiger partial charge in [0.25, 0.3) is 0 Å². The second-order valence-electron chi connectivity index (χ2n) is 16.6. The van der Waals surface area contributed by atoms with Crippen molar-refractivity contribution in [3.05, 3.63) is 71.8 Å². The number of alkyl halides is 3. The third-order valence-electron chi connectivity index (χ3n) is 12.6. The van der Waals surface area contributed by atoms with Crippen LogP contribution in [0.25, 0.3) is 0 Å².